The molecule has 0 aromatic carbocycles. The molecule has 0 bridgehead atoms. The largest absolute Gasteiger partial charge is 0.461 e. The van der Waals surface area contributed by atoms with Gasteiger partial charge in [0.05, 0.1) is 12.6 Å². The Kier molecular flexibility index (Phi) is 2.80. The molecule has 0 unspecified atom stereocenters. The number of carbonyl (C=O) groups is 1. The van der Waals surface area contributed by atoms with E-state index in [4.69, 9.17) is 0 Å². The van der Waals surface area contributed by atoms with Crippen LogP contribution in [0, 0.1) is 0 Å². The van der Waals surface area contributed by atoms with Gasteiger partial charge >= 0.3 is 12.1 Å². The summed E-state index contributed by atoms with van der Waals surface area (Å²) in [6, 6.07) is -0.303. The molecule has 1 saturated carbocycles. The summed E-state index contributed by atoms with van der Waals surface area (Å²) in [5, 5.41) is 6.67. The van der Waals surface area contributed by atoms with E-state index in [1.54, 1.807) is 0 Å². The number of esters is 1. The normalized spacial score (nSPS) is 16.0. The van der Waals surface area contributed by atoms with Crippen molar-refractivity contribution in [3.8, 4) is 0 Å². The number of nitrogens with zero attached hydrogens (tertiary/aromatic N) is 3. The lowest BCUT2D eigenvalue weighted by Gasteiger charge is -2.09. The van der Waals surface area contributed by atoms with Crippen molar-refractivity contribution in [2.75, 3.05) is 6.61 Å². The quantitative estimate of drug-likeness (QED) is 0.766. The molecule has 1 fully saturated rings. The van der Waals surface area contributed by atoms with Gasteiger partial charge in [-0.1, -0.05) is 5.21 Å². The van der Waals surface area contributed by atoms with E-state index in [-0.39, 0.29) is 12.6 Å². The second kappa shape index (κ2) is 4.01. The van der Waals surface area contributed by atoms with Crippen LogP contribution in [0.5, 0.6) is 0 Å². The number of halogens is 3. The molecule has 0 N–H and O–H groups in total. The molecule has 0 spiro atoms. The lowest BCUT2D eigenvalue weighted by atomic mass is 10.3. The van der Waals surface area contributed by atoms with Crippen molar-refractivity contribution in [1.29, 1.82) is 0 Å². The molecule has 1 aliphatic rings. The average molecular weight is 249 g/mol. The molecule has 5 nitrogen and oxygen atoms in total. The average Bonchev–Trinajstić information content (AvgIpc) is 2.95. The Labute approximate surface area is 94.5 Å². The van der Waals surface area contributed by atoms with Crippen LogP contribution in [0.2, 0.25) is 0 Å². The van der Waals surface area contributed by atoms with Gasteiger partial charge in [-0.25, -0.2) is 9.48 Å². The highest BCUT2D eigenvalue weighted by Gasteiger charge is 2.45. The van der Waals surface area contributed by atoms with E-state index in [2.05, 4.69) is 15.0 Å². The van der Waals surface area contributed by atoms with Gasteiger partial charge < -0.3 is 4.74 Å². The highest BCUT2D eigenvalue weighted by molar-refractivity contribution is 5.88. The molecule has 17 heavy (non-hydrogen) atoms. The van der Waals surface area contributed by atoms with Gasteiger partial charge in [-0.15, -0.1) is 5.10 Å². The highest BCUT2D eigenvalue weighted by Crippen LogP contribution is 2.40. The summed E-state index contributed by atoms with van der Waals surface area (Å²) in [5.74, 6) is -1.09. The Bertz CT molecular complexity index is 437. The van der Waals surface area contributed by atoms with Crippen molar-refractivity contribution < 1.29 is 22.7 Å². The topological polar surface area (TPSA) is 57.0 Å². The van der Waals surface area contributed by atoms with Crippen LogP contribution in [-0.2, 0) is 10.9 Å². The predicted molar refractivity (Wildman–Crippen MR) is 49.3 cm³/mol. The van der Waals surface area contributed by atoms with Gasteiger partial charge in [0, 0.05) is 0 Å². The number of rotatable bonds is 3. The first kappa shape index (κ1) is 11.9. The van der Waals surface area contributed by atoms with Gasteiger partial charge in [-0.3, -0.25) is 0 Å². The van der Waals surface area contributed by atoms with Crippen LogP contribution in [0.15, 0.2) is 0 Å². The van der Waals surface area contributed by atoms with Gasteiger partial charge in [0.25, 0.3) is 0 Å². The van der Waals surface area contributed by atoms with Crippen LogP contribution in [0.4, 0.5) is 13.2 Å². The SMILES string of the molecule is CCOC(=O)c1nnn(C2CC2)c1C(F)(F)F. The fraction of sp³-hybridized carbons (Fsp3) is 0.667. The number of aromatic nitrogens is 3. The Morgan fingerprint density at radius 3 is 2.65 bits per heavy atom. The third-order valence-corrected chi connectivity index (χ3v) is 2.32. The van der Waals surface area contributed by atoms with Crippen molar-refractivity contribution in [3.63, 3.8) is 0 Å². The Balaban J connectivity index is 2.42. The molecule has 1 aromatic heterocycles. The Hall–Kier alpha value is -1.60. The molecule has 1 heterocycles. The van der Waals surface area contributed by atoms with Gasteiger partial charge in [0.1, 0.15) is 0 Å². The van der Waals surface area contributed by atoms with Gasteiger partial charge in [0.15, 0.2) is 5.69 Å². The fourth-order valence-electron chi connectivity index (χ4n) is 1.47. The molecule has 0 radical (unpaired) electrons. The van der Waals surface area contributed by atoms with Crippen molar-refractivity contribution in [1.82, 2.24) is 15.0 Å². The minimum absolute atomic E-state index is 0.00752. The van der Waals surface area contributed by atoms with Gasteiger partial charge in [-0.2, -0.15) is 13.2 Å². The third kappa shape index (κ3) is 2.25. The molecule has 0 saturated heterocycles. The van der Waals surface area contributed by atoms with Crippen molar-refractivity contribution in [3.05, 3.63) is 11.4 Å². The van der Waals surface area contributed by atoms with E-state index in [9.17, 15) is 18.0 Å². The zero-order valence-corrected chi connectivity index (χ0v) is 8.99. The lowest BCUT2D eigenvalue weighted by molar-refractivity contribution is -0.144. The van der Waals surface area contributed by atoms with E-state index in [1.807, 2.05) is 0 Å². The zero-order valence-electron chi connectivity index (χ0n) is 8.99. The second-order valence-electron chi connectivity index (χ2n) is 3.68. The molecular formula is C9H10F3N3O2. The Morgan fingerprint density at radius 1 is 1.53 bits per heavy atom. The van der Waals surface area contributed by atoms with Crippen LogP contribution in [0.3, 0.4) is 0 Å². The Morgan fingerprint density at radius 2 is 2.18 bits per heavy atom. The van der Waals surface area contributed by atoms with Crippen LogP contribution in [0.25, 0.3) is 0 Å². The summed E-state index contributed by atoms with van der Waals surface area (Å²) >= 11 is 0. The van der Waals surface area contributed by atoms with E-state index in [0.29, 0.717) is 12.8 Å². The lowest BCUT2D eigenvalue weighted by Crippen LogP contribution is -2.19. The van der Waals surface area contributed by atoms with E-state index in [1.165, 1.54) is 6.92 Å². The molecule has 0 aliphatic heterocycles. The molecule has 0 atom stereocenters. The number of hydrogen-bond donors (Lipinski definition) is 0. The minimum Gasteiger partial charge on any atom is -0.461 e. The predicted octanol–water partition coefficient (Wildman–Crippen LogP) is 1.81. The number of alkyl halides is 3. The van der Waals surface area contributed by atoms with Gasteiger partial charge in [0.2, 0.25) is 5.69 Å². The molecule has 94 valence electrons. The van der Waals surface area contributed by atoms with Crippen LogP contribution >= 0.6 is 0 Å². The van der Waals surface area contributed by atoms with E-state index >= 15 is 0 Å². The molecule has 8 heteroatoms. The third-order valence-electron chi connectivity index (χ3n) is 2.32. The van der Waals surface area contributed by atoms with Gasteiger partial charge in [-0.05, 0) is 19.8 Å². The molecule has 1 aliphatic carbocycles. The maximum atomic E-state index is 12.8. The maximum Gasteiger partial charge on any atom is 0.435 e. The first-order valence-corrected chi connectivity index (χ1v) is 5.14. The summed E-state index contributed by atoms with van der Waals surface area (Å²) in [4.78, 5) is 11.3. The second-order valence-corrected chi connectivity index (χ2v) is 3.68. The standard InChI is InChI=1S/C9H10F3N3O2/c1-2-17-8(16)6-7(9(10,11)12)15(14-13-6)5-3-4-5/h5H,2-4H2,1H3. The van der Waals surface area contributed by atoms with Crippen LogP contribution in [0.1, 0.15) is 42.0 Å². The number of hydrogen-bond acceptors (Lipinski definition) is 4. The van der Waals surface area contributed by atoms with Crippen molar-refractivity contribution in [2.24, 2.45) is 0 Å². The summed E-state index contributed by atoms with van der Waals surface area (Å²) < 4.78 is 43.8. The van der Waals surface area contributed by atoms with E-state index < -0.39 is 23.5 Å². The molecule has 0 amide bonds. The number of ether oxygens (including phenoxy) is 1. The minimum atomic E-state index is -4.66. The molecule has 2 rings (SSSR count). The summed E-state index contributed by atoms with van der Waals surface area (Å²) in [6.45, 7) is 1.50. The monoisotopic (exact) mass is 249 g/mol. The summed E-state index contributed by atoms with van der Waals surface area (Å²) in [6.07, 6.45) is -3.42. The van der Waals surface area contributed by atoms with E-state index in [0.717, 1.165) is 4.68 Å². The molecule has 1 aromatic rings. The van der Waals surface area contributed by atoms with Crippen molar-refractivity contribution in [2.45, 2.75) is 32.0 Å². The number of carbonyl (C=O) groups excluding carboxylic acids is 1. The summed E-state index contributed by atoms with van der Waals surface area (Å²) in [5.41, 5.74) is -1.87. The molecular weight excluding hydrogens is 239 g/mol. The smallest absolute Gasteiger partial charge is 0.435 e. The maximum absolute atomic E-state index is 12.8. The zero-order chi connectivity index (χ0) is 12.6. The summed E-state index contributed by atoms with van der Waals surface area (Å²) in [7, 11) is 0. The highest BCUT2D eigenvalue weighted by atomic mass is 19.4. The van der Waals surface area contributed by atoms with Crippen molar-refractivity contribution >= 4 is 5.97 Å². The van der Waals surface area contributed by atoms with Crippen LogP contribution < -0.4 is 0 Å². The first-order valence-electron chi connectivity index (χ1n) is 5.14. The first-order chi connectivity index (χ1) is 7.95. The fourth-order valence-corrected chi connectivity index (χ4v) is 1.47. The van der Waals surface area contributed by atoms with Crippen LogP contribution in [-0.4, -0.2) is 27.6 Å².